The van der Waals surface area contributed by atoms with Crippen molar-refractivity contribution in [3.63, 3.8) is 0 Å². The average Bonchev–Trinajstić information content (AvgIpc) is 2.44. The number of hydrogen-bond acceptors (Lipinski definition) is 4. The van der Waals surface area contributed by atoms with Crippen molar-refractivity contribution in [2.45, 2.75) is 52.2 Å². The Bertz CT molecular complexity index is 589. The molecule has 1 atom stereocenters. The molecule has 5 nitrogen and oxygen atoms in total. The van der Waals surface area contributed by atoms with Crippen molar-refractivity contribution in [1.29, 1.82) is 0 Å². The van der Waals surface area contributed by atoms with Crippen LogP contribution in [0.2, 0.25) is 0 Å². The van der Waals surface area contributed by atoms with Crippen LogP contribution >= 0.6 is 0 Å². The fourth-order valence-electron chi connectivity index (χ4n) is 2.77. The van der Waals surface area contributed by atoms with Gasteiger partial charge in [0.1, 0.15) is 5.60 Å². The molecular formula is C18H25NO4. The minimum Gasteiger partial charge on any atom is -0.444 e. The third-order valence-electron chi connectivity index (χ3n) is 3.68. The molecule has 1 amide bonds. The van der Waals surface area contributed by atoms with E-state index in [1.54, 1.807) is 6.92 Å². The fraction of sp³-hybridized carbons (Fsp3) is 0.556. The van der Waals surface area contributed by atoms with Gasteiger partial charge in [-0.15, -0.1) is 0 Å². The van der Waals surface area contributed by atoms with Crippen LogP contribution in [0.3, 0.4) is 0 Å². The maximum Gasteiger partial charge on any atom is 0.407 e. The monoisotopic (exact) mass is 319 g/mol. The van der Waals surface area contributed by atoms with E-state index in [2.05, 4.69) is 5.32 Å². The third kappa shape index (κ3) is 4.79. The molecule has 0 fully saturated rings. The van der Waals surface area contributed by atoms with Crippen LogP contribution in [0.1, 0.15) is 61.7 Å². The maximum absolute atomic E-state index is 11.7. The predicted molar refractivity (Wildman–Crippen MR) is 87.7 cm³/mol. The van der Waals surface area contributed by atoms with Crippen molar-refractivity contribution >= 4 is 11.9 Å². The summed E-state index contributed by atoms with van der Waals surface area (Å²) in [5.41, 5.74) is 2.40. The van der Waals surface area contributed by atoms with Crippen molar-refractivity contribution < 1.29 is 19.1 Å². The number of nitrogens with one attached hydrogen (secondary N) is 1. The van der Waals surface area contributed by atoms with Crippen LogP contribution in [0.25, 0.3) is 0 Å². The lowest BCUT2D eigenvalue weighted by molar-refractivity contribution is 0.0327. The molecule has 0 bridgehead atoms. The molecule has 1 aliphatic heterocycles. The lowest BCUT2D eigenvalue weighted by Gasteiger charge is -2.27. The normalized spacial score (nSPS) is 17.3. The van der Waals surface area contributed by atoms with Crippen LogP contribution in [0, 0.1) is 0 Å². The van der Waals surface area contributed by atoms with Crippen LogP contribution < -0.4 is 5.32 Å². The Balaban J connectivity index is 1.98. The number of ether oxygens (including phenoxy) is 2. The Hall–Kier alpha value is -1.88. The zero-order valence-electron chi connectivity index (χ0n) is 14.3. The van der Waals surface area contributed by atoms with Gasteiger partial charge in [0, 0.05) is 12.1 Å². The van der Waals surface area contributed by atoms with Crippen molar-refractivity contribution in [2.24, 2.45) is 0 Å². The zero-order chi connectivity index (χ0) is 17.0. The first-order valence-corrected chi connectivity index (χ1v) is 7.99. The molecule has 1 heterocycles. The van der Waals surface area contributed by atoms with Crippen molar-refractivity contribution in [2.75, 3.05) is 13.2 Å². The highest BCUT2D eigenvalue weighted by molar-refractivity contribution is 5.96. The Kier molecular flexibility index (Phi) is 5.42. The zero-order valence-corrected chi connectivity index (χ0v) is 14.3. The number of hydrogen-bond donors (Lipinski definition) is 1. The molecular weight excluding hydrogens is 294 g/mol. The highest BCUT2D eigenvalue weighted by atomic mass is 16.6. The number of carbonyl (C=O) groups excluding carboxylic acids is 2. The standard InChI is InChI=1S/C18H25NO4/c1-12(20)13-6-5-7-15-14(13)9-11-22-16(15)8-10-19-17(21)23-18(2,3)4/h5-7,16H,8-11H2,1-4H3,(H,19,21). The number of carbonyl (C=O) groups is 2. The number of rotatable bonds is 4. The predicted octanol–water partition coefficient (Wildman–Crippen LogP) is 3.42. The minimum atomic E-state index is -0.506. The van der Waals surface area contributed by atoms with Gasteiger partial charge < -0.3 is 14.8 Å². The molecule has 1 unspecified atom stereocenters. The van der Waals surface area contributed by atoms with E-state index < -0.39 is 11.7 Å². The molecule has 0 aromatic heterocycles. The van der Waals surface area contributed by atoms with E-state index in [0.29, 0.717) is 19.6 Å². The summed E-state index contributed by atoms with van der Waals surface area (Å²) in [5, 5.41) is 2.75. The van der Waals surface area contributed by atoms with E-state index in [4.69, 9.17) is 9.47 Å². The van der Waals surface area contributed by atoms with E-state index in [1.807, 2.05) is 39.0 Å². The van der Waals surface area contributed by atoms with E-state index >= 15 is 0 Å². The van der Waals surface area contributed by atoms with Gasteiger partial charge in [0.05, 0.1) is 12.7 Å². The summed E-state index contributed by atoms with van der Waals surface area (Å²) < 4.78 is 11.0. The number of fused-ring (bicyclic) bond motifs is 1. The van der Waals surface area contributed by atoms with Gasteiger partial charge in [-0.25, -0.2) is 4.79 Å². The summed E-state index contributed by atoms with van der Waals surface area (Å²) in [6.07, 6.45) is 0.869. The van der Waals surface area contributed by atoms with Crippen LogP contribution in [0.5, 0.6) is 0 Å². The second kappa shape index (κ2) is 7.13. The molecule has 0 saturated carbocycles. The first kappa shape index (κ1) is 17.5. The van der Waals surface area contributed by atoms with Crippen LogP contribution in [0.4, 0.5) is 4.79 Å². The van der Waals surface area contributed by atoms with Gasteiger partial charge in [-0.1, -0.05) is 18.2 Å². The molecule has 1 aromatic rings. The number of ketones is 1. The summed E-state index contributed by atoms with van der Waals surface area (Å²) in [4.78, 5) is 23.4. The minimum absolute atomic E-state index is 0.0781. The van der Waals surface area contributed by atoms with Crippen LogP contribution in [-0.4, -0.2) is 30.6 Å². The van der Waals surface area contributed by atoms with E-state index in [-0.39, 0.29) is 11.9 Å². The van der Waals surface area contributed by atoms with Crippen LogP contribution in [0.15, 0.2) is 18.2 Å². The van der Waals surface area contributed by atoms with Gasteiger partial charge in [0.2, 0.25) is 0 Å². The summed E-state index contributed by atoms with van der Waals surface area (Å²) in [5.74, 6) is 0.0781. The molecule has 1 aliphatic rings. The van der Waals surface area contributed by atoms with Crippen molar-refractivity contribution in [3.8, 4) is 0 Å². The van der Waals surface area contributed by atoms with Gasteiger partial charge in [-0.3, -0.25) is 4.79 Å². The summed E-state index contributed by atoms with van der Waals surface area (Å²) >= 11 is 0. The van der Waals surface area contributed by atoms with Gasteiger partial charge >= 0.3 is 6.09 Å². The largest absolute Gasteiger partial charge is 0.444 e. The lowest BCUT2D eigenvalue weighted by atomic mass is 9.90. The third-order valence-corrected chi connectivity index (χ3v) is 3.68. The number of alkyl carbamates (subject to hydrolysis) is 1. The summed E-state index contributed by atoms with van der Waals surface area (Å²) in [6, 6.07) is 5.75. The number of Topliss-reactive ketones (excluding diaryl/α,β-unsaturated/α-hetero) is 1. The van der Waals surface area contributed by atoms with E-state index in [1.165, 1.54) is 0 Å². The molecule has 5 heteroatoms. The maximum atomic E-state index is 11.7. The Morgan fingerprint density at radius 3 is 2.74 bits per heavy atom. The highest BCUT2D eigenvalue weighted by Gasteiger charge is 2.24. The first-order valence-electron chi connectivity index (χ1n) is 7.99. The molecule has 0 aliphatic carbocycles. The molecule has 126 valence electrons. The average molecular weight is 319 g/mol. The second-order valence-corrected chi connectivity index (χ2v) is 6.76. The topological polar surface area (TPSA) is 64.6 Å². The SMILES string of the molecule is CC(=O)c1cccc2c1CCOC2CCNC(=O)OC(C)(C)C. The van der Waals surface area contributed by atoms with Gasteiger partial charge in [0.15, 0.2) is 5.78 Å². The van der Waals surface area contributed by atoms with Crippen LogP contribution in [-0.2, 0) is 15.9 Å². The van der Waals surface area contributed by atoms with E-state index in [9.17, 15) is 9.59 Å². The molecule has 0 spiro atoms. The highest BCUT2D eigenvalue weighted by Crippen LogP contribution is 2.31. The number of benzene rings is 1. The van der Waals surface area contributed by atoms with Crippen molar-refractivity contribution in [3.05, 3.63) is 34.9 Å². The lowest BCUT2D eigenvalue weighted by Crippen LogP contribution is -2.34. The number of amides is 1. The molecule has 1 N–H and O–H groups in total. The fourth-order valence-corrected chi connectivity index (χ4v) is 2.77. The molecule has 0 saturated heterocycles. The Labute approximate surface area is 137 Å². The van der Waals surface area contributed by atoms with Gasteiger partial charge in [-0.05, 0) is 51.7 Å². The summed E-state index contributed by atoms with van der Waals surface area (Å²) in [6.45, 7) is 8.13. The first-order chi connectivity index (χ1) is 10.8. The molecule has 0 radical (unpaired) electrons. The second-order valence-electron chi connectivity index (χ2n) is 6.76. The van der Waals surface area contributed by atoms with Crippen molar-refractivity contribution in [1.82, 2.24) is 5.32 Å². The quantitative estimate of drug-likeness (QED) is 0.864. The Morgan fingerprint density at radius 1 is 1.35 bits per heavy atom. The van der Waals surface area contributed by atoms with Gasteiger partial charge in [-0.2, -0.15) is 0 Å². The molecule has 2 rings (SSSR count). The smallest absolute Gasteiger partial charge is 0.407 e. The summed E-state index contributed by atoms with van der Waals surface area (Å²) in [7, 11) is 0. The van der Waals surface area contributed by atoms with E-state index in [0.717, 1.165) is 23.1 Å². The Morgan fingerprint density at radius 2 is 2.09 bits per heavy atom. The molecule has 23 heavy (non-hydrogen) atoms. The van der Waals surface area contributed by atoms with Gasteiger partial charge in [0.25, 0.3) is 0 Å². The molecule has 1 aromatic carbocycles.